The maximum absolute atomic E-state index is 14.2. The quantitative estimate of drug-likeness (QED) is 0.0153. The molecule has 0 amide bonds. The zero-order valence-corrected chi connectivity index (χ0v) is 54.1. The predicted octanol–water partition coefficient (Wildman–Crippen LogP) is -5.29. The fourth-order valence-electron chi connectivity index (χ4n) is 11.3. The number of phosphoric acid groups is 4. The lowest BCUT2D eigenvalue weighted by atomic mass is 10.1. The lowest BCUT2D eigenvalue weighted by molar-refractivity contribution is -0.646. The molecule has 8 aromatic heterocycles. The van der Waals surface area contributed by atoms with Gasteiger partial charge in [-0.2, -0.15) is 28.1 Å². The number of anilines is 4. The Morgan fingerprint density at radius 2 is 1.01 bits per heavy atom. The van der Waals surface area contributed by atoms with Gasteiger partial charge in [0.2, 0.25) is 30.4 Å². The number of H-pyrrole nitrogens is 3. The van der Waals surface area contributed by atoms with Crippen molar-refractivity contribution in [3.8, 4) is 0 Å². The second-order valence-electron chi connectivity index (χ2n) is 21.9. The van der Waals surface area contributed by atoms with Crippen LogP contribution in [0.25, 0.3) is 44.7 Å². The number of hydrogen-bond acceptors (Lipinski definition) is 37. The van der Waals surface area contributed by atoms with Crippen molar-refractivity contribution in [2.24, 2.45) is 13.0 Å². The number of thiol groups is 1. The summed E-state index contributed by atoms with van der Waals surface area (Å²) in [5.41, 5.74) is 19.6. The summed E-state index contributed by atoms with van der Waals surface area (Å²) in [7, 11) is -22.0. The summed E-state index contributed by atoms with van der Waals surface area (Å²) >= 11 is 3.64. The highest BCUT2D eigenvalue weighted by Crippen LogP contribution is 2.71. The van der Waals surface area contributed by atoms with E-state index in [9.17, 15) is 87.4 Å². The van der Waals surface area contributed by atoms with E-state index < -0.39 is 185 Å². The molecule has 11 heterocycles. The van der Waals surface area contributed by atoms with Crippen molar-refractivity contribution < 1.29 is 128 Å². The van der Waals surface area contributed by atoms with E-state index in [1.54, 1.807) is 0 Å². The number of rotatable bonds is 24. The van der Waals surface area contributed by atoms with Crippen molar-refractivity contribution in [3.63, 3.8) is 0 Å². The van der Waals surface area contributed by atoms with E-state index in [0.29, 0.717) is 0 Å². The van der Waals surface area contributed by atoms with Crippen LogP contribution in [0, 0.1) is 5.92 Å². The molecule has 528 valence electrons. The van der Waals surface area contributed by atoms with Gasteiger partial charge in [0.05, 0.1) is 64.6 Å². The molecule has 21 N–H and O–H groups in total. The third-order valence-electron chi connectivity index (χ3n) is 15.6. The van der Waals surface area contributed by atoms with Gasteiger partial charge < -0.3 is 91.9 Å². The average Bonchev–Trinajstić information content (AvgIpc) is 1.63. The first-order valence-corrected chi connectivity index (χ1v) is 36.4. The largest absolute Gasteiger partial charge is 0.488 e. The number of aromatic nitrogens is 16. The third-order valence-corrected chi connectivity index (χ3v) is 22.8. The molecule has 8 unspecified atom stereocenters. The minimum Gasteiger partial charge on any atom is -0.390 e. The molecule has 4 aliphatic rings. The molecule has 0 bridgehead atoms. The van der Waals surface area contributed by atoms with Crippen LogP contribution in [0.15, 0.2) is 46.0 Å². The van der Waals surface area contributed by atoms with Crippen LogP contribution in [0.2, 0.25) is 0 Å². The number of imidazole rings is 4. The van der Waals surface area contributed by atoms with E-state index in [1.807, 2.05) is 0 Å². The molecule has 1 saturated carbocycles. The number of aromatic amines is 3. The molecule has 55 heteroatoms. The summed E-state index contributed by atoms with van der Waals surface area (Å²) in [6.07, 6.45) is -21.5. The number of aliphatic hydroxyl groups excluding tert-OH is 6. The van der Waals surface area contributed by atoms with Crippen molar-refractivity contribution in [1.29, 1.82) is 0 Å². The Hall–Kier alpha value is -6.54. The van der Waals surface area contributed by atoms with Crippen LogP contribution in [-0.2, 0) is 79.8 Å². The number of aryl methyl sites for hydroxylation is 1. The second-order valence-corrected chi connectivity index (χ2v) is 30.8. The van der Waals surface area contributed by atoms with Crippen LogP contribution in [0.5, 0.6) is 0 Å². The second kappa shape index (κ2) is 26.2. The smallest absolute Gasteiger partial charge is 0.390 e. The lowest BCUT2D eigenvalue weighted by Crippen LogP contribution is -2.37. The number of nitrogens with zero attached hydrogens (tertiary/aromatic N) is 13. The molecule has 12 rings (SSSR count). The maximum Gasteiger partial charge on any atom is 0.488 e. The molecule has 8 aromatic rings. The topological polar surface area (TPSA) is 719 Å². The summed E-state index contributed by atoms with van der Waals surface area (Å²) in [4.78, 5) is 120. The number of nitrogen functional groups attached to an aromatic ring is 4. The first-order chi connectivity index (χ1) is 45.5. The van der Waals surface area contributed by atoms with Gasteiger partial charge in [-0.15, -0.1) is 0 Å². The van der Waals surface area contributed by atoms with Crippen LogP contribution in [0.4, 0.5) is 23.7 Å². The standard InChI is InChI=1S/C42H55N20O29P5S/c1-58-11-62(33-20(58)36(71)57-42(46)54-33)37-24(66)23(65)14(85-37)4-83-94(76,77)90-95(78,79)91-96(80,97)84-6-16-28(25(67)38(87-16)60-9-49-17-29(43)47-7-48-30(17)60)89-93(74,75)82-5-15-27(26(68)39(86-15)61-10-51-19-32(61)53-41(45)56-35(19)70)88-92(72,73)81-3-12-2-13(22(64)21(12)63)59-8-50-18-31(59)52-40(44)55-34(18)69/h7-16,21-28,37-39,63-68H,2-6H2,1H3,(H15-,43,44,45,46,47,48,52,53,54,55,56,57,69,70,71,72,73,74,75,76,77,78,79,80,97)/p+1/t12-,13-,14-,15-,16-,21?,22-,23?,24+,25+,26+,27?,28?,37-,38-,39-,96-/m1/s1. The fraction of sp³-hybridized carbons (Fsp3) is 0.524. The molecule has 0 spiro atoms. The van der Waals surface area contributed by atoms with Crippen LogP contribution < -0.4 is 44.2 Å². The van der Waals surface area contributed by atoms with Crippen molar-refractivity contribution in [2.45, 2.75) is 98.3 Å². The Morgan fingerprint density at radius 3 is 1.61 bits per heavy atom. The van der Waals surface area contributed by atoms with Gasteiger partial charge >= 0.3 is 43.6 Å². The molecular formula is C42H56N20O29P5S+. The minimum atomic E-state index is -6.16. The Balaban J connectivity index is 0.732. The Labute approximate surface area is 540 Å². The maximum atomic E-state index is 14.2. The van der Waals surface area contributed by atoms with Gasteiger partial charge in [-0.3, -0.25) is 65.6 Å². The highest BCUT2D eigenvalue weighted by molar-refractivity contribution is 8.45. The number of ether oxygens (including phenoxy) is 3. The van der Waals surface area contributed by atoms with E-state index in [0.717, 1.165) is 39.0 Å². The zero-order chi connectivity index (χ0) is 69.9. The molecule has 0 aromatic carbocycles. The van der Waals surface area contributed by atoms with E-state index in [2.05, 4.69) is 75.7 Å². The van der Waals surface area contributed by atoms with Crippen molar-refractivity contribution >= 4 is 119 Å². The molecule has 49 nitrogen and oxygen atoms in total. The number of fused-ring (bicyclic) bond motifs is 4. The molecule has 4 fully saturated rings. The monoisotopic (exact) mass is 1490 g/mol. The summed E-state index contributed by atoms with van der Waals surface area (Å²) in [6.45, 7) is -10.1. The molecular weight excluding hydrogens is 1440 g/mol. The van der Waals surface area contributed by atoms with Gasteiger partial charge in [-0.25, -0.2) is 52.3 Å². The normalized spacial score (nSPS) is 30.9. The SMILES string of the molecule is C[n+]1cn([C@@H]2O[C@H](COP(=O)(O)OP(=O)(O)O[P@](=O)(S)OC[C@H]3O[C@@H](n4cnc5c(N)ncnc54)[C@@H](O)C3OP(=O)(O)OC[C@H]3O[C@@H](n4cnc5c(=O)[nH]c(N)nc54)[C@@H](O)C3OP(=O)(O)OC[C@H]3C[C@@H](n4cnc5c(=O)[nH]c(N)nc54)[C@@H](O)C3O)C(O)[C@@H]2O)c2nc(N)[nH]c(=O)c21. The highest BCUT2D eigenvalue weighted by Gasteiger charge is 2.55. The number of nitrogens with two attached hydrogens (primary N) is 4. The number of nitrogens with one attached hydrogen (secondary N) is 3. The van der Waals surface area contributed by atoms with Gasteiger partial charge in [0.25, 0.3) is 22.3 Å². The van der Waals surface area contributed by atoms with Crippen molar-refractivity contribution in [3.05, 3.63) is 62.7 Å². The molecule has 97 heavy (non-hydrogen) atoms. The van der Waals surface area contributed by atoms with Gasteiger partial charge in [0.15, 0.2) is 46.2 Å². The Bertz CT molecular complexity index is 4810. The van der Waals surface area contributed by atoms with E-state index in [1.165, 1.54) is 22.5 Å². The Kier molecular flexibility index (Phi) is 19.0. The summed E-state index contributed by atoms with van der Waals surface area (Å²) in [5, 5.41) is 67.5. The van der Waals surface area contributed by atoms with Crippen LogP contribution in [-0.4, -0.2) is 217 Å². The van der Waals surface area contributed by atoms with Gasteiger partial charge in [-0.1, -0.05) is 12.2 Å². The first-order valence-electron chi connectivity index (χ1n) is 27.7. The van der Waals surface area contributed by atoms with Gasteiger partial charge in [-0.05, 0) is 6.42 Å². The van der Waals surface area contributed by atoms with Gasteiger partial charge in [0.1, 0.15) is 72.9 Å². The van der Waals surface area contributed by atoms with E-state index >= 15 is 0 Å². The van der Waals surface area contributed by atoms with E-state index in [4.69, 9.17) is 64.3 Å². The molecule has 1 aliphatic carbocycles. The Morgan fingerprint density at radius 1 is 0.536 bits per heavy atom. The van der Waals surface area contributed by atoms with E-state index in [-0.39, 0.29) is 68.8 Å². The van der Waals surface area contributed by atoms with Crippen LogP contribution in [0.3, 0.4) is 0 Å². The summed E-state index contributed by atoms with van der Waals surface area (Å²) in [6, 6.07) is -1.06. The van der Waals surface area contributed by atoms with Crippen LogP contribution in [0.1, 0.15) is 31.1 Å². The predicted molar refractivity (Wildman–Crippen MR) is 317 cm³/mol. The average molecular weight is 1490 g/mol. The number of phosphoric ester groups is 3. The zero-order valence-electron chi connectivity index (χ0n) is 48.7. The number of aliphatic hydroxyl groups is 6. The highest BCUT2D eigenvalue weighted by atomic mass is 32.7. The first kappa shape index (κ1) is 70.3. The minimum absolute atomic E-state index is 0.0448. The molecule has 3 saturated heterocycles. The molecule has 0 radical (unpaired) electrons. The van der Waals surface area contributed by atoms with Crippen molar-refractivity contribution in [1.82, 2.24) is 73.1 Å². The third kappa shape index (κ3) is 14.1. The molecule has 21 atom stereocenters. The van der Waals surface area contributed by atoms with Crippen LogP contribution >= 0.6 is 50.3 Å². The van der Waals surface area contributed by atoms with Gasteiger partial charge in [0, 0.05) is 5.92 Å². The molecule has 3 aliphatic heterocycles. The van der Waals surface area contributed by atoms with Crippen molar-refractivity contribution in [2.75, 3.05) is 49.4 Å². The fourth-order valence-corrected chi connectivity index (χ4v) is 17.8. The number of hydrogen-bond donors (Lipinski definition) is 18. The summed E-state index contributed by atoms with van der Waals surface area (Å²) in [5.74, 6) is -2.42. The lowest BCUT2D eigenvalue weighted by Gasteiger charge is -2.26. The summed E-state index contributed by atoms with van der Waals surface area (Å²) < 4.78 is 131.